The number of rotatable bonds is 45. The third kappa shape index (κ3) is 20.0. The third-order valence-electron chi connectivity index (χ3n) is 21.8. The van der Waals surface area contributed by atoms with Crippen molar-refractivity contribution in [3.63, 3.8) is 0 Å². The zero-order valence-corrected chi connectivity index (χ0v) is 72.6. The number of benzene rings is 5. The number of hydrogen-bond acceptors (Lipinski definition) is 12. The van der Waals surface area contributed by atoms with Gasteiger partial charge in [0, 0.05) is 0 Å². The van der Waals surface area contributed by atoms with Gasteiger partial charge in [0.2, 0.25) is 0 Å². The number of nitrogens with zero attached hydrogens (tertiary/aromatic N) is 3. The van der Waals surface area contributed by atoms with E-state index >= 15 is 8.78 Å². The molecule has 1 N–H and O–H groups in total. The molecule has 108 heavy (non-hydrogen) atoms. The molecule has 10 aromatic rings. The number of nitrogens with one attached hydrogen (secondary N) is 1. The fraction of sp³-hybridized carbons (Fsp3) is 0.478. The molecular weight excluding hydrogens is 1550 g/mol. The first kappa shape index (κ1) is 82.9. The Morgan fingerprint density at radius 1 is 0.463 bits per heavy atom. The van der Waals surface area contributed by atoms with E-state index in [0.29, 0.717) is 65.2 Å². The Bertz CT molecular complexity index is 4620. The van der Waals surface area contributed by atoms with Crippen LogP contribution in [-0.4, -0.2) is 77.0 Å². The first-order valence-electron chi connectivity index (χ1n) is 40.7. The van der Waals surface area contributed by atoms with E-state index < -0.39 is 26.6 Å². The van der Waals surface area contributed by atoms with Gasteiger partial charge in [0.05, 0.1) is 0 Å². The van der Waals surface area contributed by atoms with E-state index in [4.69, 9.17) is 26.9 Å². The summed E-state index contributed by atoms with van der Waals surface area (Å²) in [6, 6.07) is 33.5. The van der Waals surface area contributed by atoms with Crippen LogP contribution in [0.5, 0.6) is 17.2 Å². The van der Waals surface area contributed by atoms with Crippen molar-refractivity contribution < 1.29 is 27.7 Å². The van der Waals surface area contributed by atoms with Crippen LogP contribution in [-0.2, 0) is 4.74 Å². The second kappa shape index (κ2) is 41.5. The molecule has 5 aromatic heterocycles. The molecule has 11 rings (SSSR count). The number of thiophene rings is 4. The first-order valence-corrected chi connectivity index (χ1v) is 46.3. The average molecular weight is 1660 g/mol. The number of hydrogen-bond donors (Lipinski definition) is 1. The molecule has 5 heterocycles. The van der Waals surface area contributed by atoms with Crippen LogP contribution < -0.4 is 14.2 Å². The second-order valence-corrected chi connectivity index (χ2v) is 35.8. The van der Waals surface area contributed by atoms with Crippen molar-refractivity contribution in [2.45, 2.75) is 249 Å². The fourth-order valence-corrected chi connectivity index (χ4v) is 21.6. The maximum atomic E-state index is 17.2. The molecule has 2 atom stereocenters. The SMILES string of the molecule is CCCCCCCCCCCCOC1=C(C)C(=N)C(=N[SeH])C(c2ccc(-c3ccc(-c4ccc(-c5c(OCCCCCCCCCCCC)c(C)c(-c6cc7c(-c8cccc(OCC(CC)CCCC)c8)c8sc(C)cc8c(-c8cccc(OCC(CC)CCCC)c8)c7s6)c6n[se]nc56)s4)c(F)c3F)s2)=C1C. The zero-order valence-electron chi connectivity index (χ0n) is 65.7. The van der Waals surface area contributed by atoms with Gasteiger partial charge in [-0.3, -0.25) is 0 Å². The third-order valence-corrected chi connectivity index (χ3v) is 27.9. The van der Waals surface area contributed by atoms with E-state index in [2.05, 4.69) is 136 Å². The van der Waals surface area contributed by atoms with Gasteiger partial charge in [-0.25, -0.2) is 0 Å². The molecule has 0 amide bonds. The predicted octanol–water partition coefficient (Wildman–Crippen LogP) is 28.9. The van der Waals surface area contributed by atoms with Gasteiger partial charge in [0.25, 0.3) is 0 Å². The molecule has 5 aromatic carbocycles. The molecule has 0 radical (unpaired) electrons. The molecule has 8 nitrogen and oxygen atoms in total. The van der Waals surface area contributed by atoms with Gasteiger partial charge in [0.1, 0.15) is 0 Å². The van der Waals surface area contributed by atoms with E-state index in [1.54, 1.807) is 12.1 Å². The molecule has 0 aliphatic heterocycles. The standard InChI is InChI=1S/C92H114F2N4O4S4Se2/c1-11-17-21-23-25-27-29-31-33-35-51-99-89-60(8)78(86(96-107)85(95)62(89)10)75-49-47-73(104-75)69-45-46-70(84(94)83(69)93)74-48-50-76(105-74)82-88-87(97-108-98-88)79(61(9)90(82)100-52-36-34-32-30-28-26-24-22-18-12-2)77-56-72-81(66-42-38-44-68(55-66)102-58-64(16-6)40-20-14-4)91-71(53-59(7)103-91)80(92(72)106-77)65-41-37-43-67(54-65)101-57-63(15-5)39-19-13-3/h37-38,41-50,53-56,63-64,95,107H,11-36,39-40,51-52,57-58H2,1-10H3. The number of halogens is 2. The molecule has 0 saturated heterocycles. The van der Waals surface area contributed by atoms with E-state index in [9.17, 15) is 5.41 Å². The summed E-state index contributed by atoms with van der Waals surface area (Å²) in [5.74, 6) is 2.38. The van der Waals surface area contributed by atoms with Crippen LogP contribution in [0.25, 0.3) is 101 Å². The Morgan fingerprint density at radius 2 is 0.926 bits per heavy atom. The van der Waals surface area contributed by atoms with Gasteiger partial charge in [-0.2, -0.15) is 0 Å². The Balaban J connectivity index is 0.955. The summed E-state index contributed by atoms with van der Waals surface area (Å²) in [6.45, 7) is 24.4. The number of aryl methyl sites for hydroxylation is 1. The molecule has 0 saturated carbocycles. The predicted molar refractivity (Wildman–Crippen MR) is 465 cm³/mol. The summed E-state index contributed by atoms with van der Waals surface area (Å²) in [7, 11) is 0. The van der Waals surface area contributed by atoms with E-state index in [-0.39, 0.29) is 11.1 Å². The number of ether oxygens (including phenoxy) is 4. The number of unbranched alkanes of at least 4 members (excludes halogenated alkanes) is 20. The van der Waals surface area contributed by atoms with E-state index in [1.807, 2.05) is 60.8 Å². The van der Waals surface area contributed by atoms with Gasteiger partial charge in [-0.1, -0.05) is 138 Å². The molecule has 576 valence electrons. The van der Waals surface area contributed by atoms with Crippen molar-refractivity contribution in [1.82, 2.24) is 7.96 Å². The van der Waals surface area contributed by atoms with Crippen molar-refractivity contribution in [3.05, 3.63) is 141 Å². The molecule has 0 fully saturated rings. The van der Waals surface area contributed by atoms with Crippen molar-refractivity contribution in [2.75, 3.05) is 26.4 Å². The Hall–Kier alpha value is -6.06. The minimum absolute atomic E-state index is 0.176. The van der Waals surface area contributed by atoms with Gasteiger partial charge in [-0.15, -0.1) is 0 Å². The molecule has 16 heteroatoms. The van der Waals surface area contributed by atoms with Crippen LogP contribution in [0.2, 0.25) is 0 Å². The summed E-state index contributed by atoms with van der Waals surface area (Å²) in [5.41, 5.74) is 12.7. The molecule has 0 bridgehead atoms. The van der Waals surface area contributed by atoms with Crippen LogP contribution >= 0.6 is 45.3 Å². The van der Waals surface area contributed by atoms with Gasteiger partial charge in [-0.05, 0) is 24.7 Å². The number of aromatic nitrogens is 2. The molecule has 0 spiro atoms. The maximum absolute atomic E-state index is 17.2. The van der Waals surface area contributed by atoms with Gasteiger partial charge in [0.15, 0.2) is 0 Å². The normalized spacial score (nSPS) is 13.8. The fourth-order valence-electron chi connectivity index (χ4n) is 15.4. The van der Waals surface area contributed by atoms with Crippen LogP contribution in [0.4, 0.5) is 8.78 Å². The van der Waals surface area contributed by atoms with E-state index in [0.717, 1.165) is 151 Å². The summed E-state index contributed by atoms with van der Waals surface area (Å²) < 4.78 is 79.2. The summed E-state index contributed by atoms with van der Waals surface area (Å²) in [6.07, 6.45) is 33.7. The van der Waals surface area contributed by atoms with E-state index in [1.165, 1.54) is 175 Å². The summed E-state index contributed by atoms with van der Waals surface area (Å²) >= 11 is 8.26. The topological polar surface area (TPSA) is 98.9 Å². The molecule has 2 unspecified atom stereocenters. The average Bonchev–Trinajstić information content (AvgIpc) is 1.51. The van der Waals surface area contributed by atoms with Crippen molar-refractivity contribution >= 4 is 125 Å². The number of fused-ring (bicyclic) bond motifs is 3. The molecule has 1 aliphatic rings. The summed E-state index contributed by atoms with van der Waals surface area (Å²) in [5, 5.41) is 11.6. The Labute approximate surface area is 673 Å². The van der Waals surface area contributed by atoms with Crippen LogP contribution in [0.3, 0.4) is 0 Å². The van der Waals surface area contributed by atoms with Crippen LogP contribution in [0.15, 0.2) is 118 Å². The van der Waals surface area contributed by atoms with Crippen molar-refractivity contribution in [3.8, 4) is 81.3 Å². The Morgan fingerprint density at radius 3 is 1.44 bits per heavy atom. The quantitative estimate of drug-likeness (QED) is 0.0232. The van der Waals surface area contributed by atoms with Crippen LogP contribution in [0, 0.1) is 42.7 Å². The Kier molecular flexibility index (Phi) is 31.8. The van der Waals surface area contributed by atoms with Crippen molar-refractivity contribution in [2.24, 2.45) is 15.8 Å². The first-order chi connectivity index (χ1) is 52.7. The minimum atomic E-state index is -0.911. The zero-order chi connectivity index (χ0) is 76.1. The van der Waals surface area contributed by atoms with Crippen molar-refractivity contribution in [1.29, 1.82) is 5.41 Å². The summed E-state index contributed by atoms with van der Waals surface area (Å²) in [4.78, 5) is 5.16. The monoisotopic (exact) mass is 1660 g/mol. The molecule has 1 aliphatic carbocycles. The van der Waals surface area contributed by atoms with Gasteiger partial charge < -0.3 is 0 Å². The number of allylic oxidation sites excluding steroid dienone is 3. The van der Waals surface area contributed by atoms with Gasteiger partial charge >= 0.3 is 517 Å². The molecular formula is C92H114F2N4O4S4Se2. The van der Waals surface area contributed by atoms with Crippen LogP contribution in [0.1, 0.15) is 250 Å². The second-order valence-electron chi connectivity index (χ2n) is 29.8.